The number of carbonyl (C=O) groups is 3. The molecule has 0 aromatic carbocycles. The molecule has 0 saturated heterocycles. The van der Waals surface area contributed by atoms with Gasteiger partial charge in [0.15, 0.2) is 0 Å². The quantitative estimate of drug-likeness (QED) is 0.702. The van der Waals surface area contributed by atoms with Crippen LogP contribution in [0.4, 0.5) is 0 Å². The molecule has 0 radical (unpaired) electrons. The van der Waals surface area contributed by atoms with Gasteiger partial charge in [-0.2, -0.15) is 0 Å². The Morgan fingerprint density at radius 3 is 1.43 bits per heavy atom. The minimum absolute atomic E-state index is 0.0397. The van der Waals surface area contributed by atoms with Crippen molar-refractivity contribution in [3.63, 3.8) is 0 Å². The van der Waals surface area contributed by atoms with Gasteiger partial charge in [-0.25, -0.2) is 0 Å². The number of carboxylic acids is 2. The van der Waals surface area contributed by atoms with Gasteiger partial charge in [-0.3, -0.25) is 14.4 Å². The lowest BCUT2D eigenvalue weighted by atomic mass is 9.73. The number of fused-ring (bicyclic) bond motifs is 2. The lowest BCUT2D eigenvalue weighted by Crippen LogP contribution is -2.30. The van der Waals surface area contributed by atoms with E-state index in [-0.39, 0.29) is 17.6 Å². The number of ketones is 1. The van der Waals surface area contributed by atoms with Crippen LogP contribution in [0, 0.1) is 47.3 Å². The minimum Gasteiger partial charge on any atom is -0.481 e. The summed E-state index contributed by atoms with van der Waals surface area (Å²) in [5.41, 5.74) is 0. The summed E-state index contributed by atoms with van der Waals surface area (Å²) in [4.78, 5) is 36.7. The number of hydrogen-bond donors (Lipinski definition) is 2. The van der Waals surface area contributed by atoms with Crippen LogP contribution in [0.3, 0.4) is 0 Å². The normalized spacial score (nSPS) is 42.6. The van der Waals surface area contributed by atoms with Crippen LogP contribution < -0.4 is 0 Å². The highest BCUT2D eigenvalue weighted by Crippen LogP contribution is 2.53. The van der Waals surface area contributed by atoms with Crippen LogP contribution in [0.2, 0.25) is 0 Å². The summed E-state index contributed by atoms with van der Waals surface area (Å²) in [6, 6.07) is 0. The second-order valence-corrected chi connectivity index (χ2v) is 10.1. The van der Waals surface area contributed by atoms with Crippen molar-refractivity contribution >= 4 is 17.7 Å². The van der Waals surface area contributed by atoms with Crippen molar-refractivity contribution in [3.8, 4) is 0 Å². The molecule has 156 valence electrons. The summed E-state index contributed by atoms with van der Waals surface area (Å²) in [7, 11) is 0. The highest BCUT2D eigenvalue weighted by Gasteiger charge is 2.50. The van der Waals surface area contributed by atoms with Crippen LogP contribution in [-0.2, 0) is 14.4 Å². The molecular formula is C23H34O5. The highest BCUT2D eigenvalue weighted by molar-refractivity contribution is 5.81. The molecule has 4 rings (SSSR count). The zero-order chi connectivity index (χ0) is 19.8. The van der Waals surface area contributed by atoms with E-state index in [1.807, 2.05) is 0 Å². The van der Waals surface area contributed by atoms with Crippen molar-refractivity contribution in [3.05, 3.63) is 0 Å². The summed E-state index contributed by atoms with van der Waals surface area (Å²) >= 11 is 0. The predicted molar refractivity (Wildman–Crippen MR) is 104 cm³/mol. The maximum atomic E-state index is 13.1. The van der Waals surface area contributed by atoms with Crippen LogP contribution in [0.1, 0.15) is 77.0 Å². The molecule has 8 unspecified atom stereocenters. The predicted octanol–water partition coefficient (Wildman–Crippen LogP) is 4.39. The molecule has 4 aliphatic rings. The molecule has 8 atom stereocenters. The Bertz CT molecular complexity index is 576. The van der Waals surface area contributed by atoms with Gasteiger partial charge in [0.1, 0.15) is 5.78 Å². The van der Waals surface area contributed by atoms with Crippen LogP contribution in [0.5, 0.6) is 0 Å². The first-order valence-electron chi connectivity index (χ1n) is 11.4. The van der Waals surface area contributed by atoms with Gasteiger partial charge < -0.3 is 10.2 Å². The monoisotopic (exact) mass is 390 g/mol. The lowest BCUT2D eigenvalue weighted by Gasteiger charge is -2.31. The molecule has 0 aromatic rings. The lowest BCUT2D eigenvalue weighted by molar-refractivity contribution is -0.144. The van der Waals surface area contributed by atoms with E-state index in [9.17, 15) is 24.6 Å². The molecule has 0 amide bonds. The van der Waals surface area contributed by atoms with E-state index in [1.165, 1.54) is 12.8 Å². The van der Waals surface area contributed by atoms with Crippen molar-refractivity contribution in [2.45, 2.75) is 77.0 Å². The number of carboxylic acid groups (broad SMARTS) is 2. The SMILES string of the molecule is O=C(CC1C(C(=O)O)CC2CCCCC21)CC1C(C(=O)O)CC2CCCCC21. The van der Waals surface area contributed by atoms with Crippen molar-refractivity contribution < 1.29 is 24.6 Å². The van der Waals surface area contributed by atoms with Crippen LogP contribution in [-0.4, -0.2) is 27.9 Å². The molecule has 4 aliphatic carbocycles. The van der Waals surface area contributed by atoms with Gasteiger partial charge in [-0.1, -0.05) is 38.5 Å². The summed E-state index contributed by atoms with van der Waals surface area (Å²) < 4.78 is 0. The van der Waals surface area contributed by atoms with Crippen LogP contribution >= 0.6 is 0 Å². The van der Waals surface area contributed by atoms with E-state index in [4.69, 9.17) is 0 Å². The summed E-state index contributed by atoms with van der Waals surface area (Å²) in [5.74, 6) is -0.555. The first-order chi connectivity index (χ1) is 13.5. The molecule has 0 aromatic heterocycles. The zero-order valence-corrected chi connectivity index (χ0v) is 16.7. The second kappa shape index (κ2) is 8.16. The maximum absolute atomic E-state index is 13.1. The largest absolute Gasteiger partial charge is 0.481 e. The van der Waals surface area contributed by atoms with E-state index >= 15 is 0 Å². The number of hydrogen-bond acceptors (Lipinski definition) is 3. The second-order valence-electron chi connectivity index (χ2n) is 10.1. The average molecular weight is 391 g/mol. The number of rotatable bonds is 6. The Morgan fingerprint density at radius 1 is 0.643 bits per heavy atom. The molecular weight excluding hydrogens is 356 g/mol. The number of Topliss-reactive ketones (excluding diaryl/α,β-unsaturated/α-hetero) is 1. The van der Waals surface area contributed by atoms with Gasteiger partial charge in [-0.05, 0) is 61.2 Å². The molecule has 4 saturated carbocycles. The van der Waals surface area contributed by atoms with Gasteiger partial charge in [0.05, 0.1) is 11.8 Å². The number of carbonyl (C=O) groups excluding carboxylic acids is 1. The van der Waals surface area contributed by atoms with E-state index in [1.54, 1.807) is 0 Å². The topological polar surface area (TPSA) is 91.7 Å². The fraction of sp³-hybridized carbons (Fsp3) is 0.870. The first-order valence-corrected chi connectivity index (χ1v) is 11.4. The van der Waals surface area contributed by atoms with Crippen molar-refractivity contribution in [2.75, 3.05) is 0 Å². The molecule has 0 aliphatic heterocycles. The summed E-state index contributed by atoms with van der Waals surface area (Å²) in [6.07, 6.45) is 11.1. The van der Waals surface area contributed by atoms with E-state index in [2.05, 4.69) is 0 Å². The van der Waals surface area contributed by atoms with E-state index < -0.39 is 23.8 Å². The van der Waals surface area contributed by atoms with Crippen LogP contribution in [0.15, 0.2) is 0 Å². The Kier molecular flexibility index (Phi) is 5.80. The van der Waals surface area contributed by atoms with Crippen LogP contribution in [0.25, 0.3) is 0 Å². The standard InChI is InChI=1S/C23H34O5/c24-15(11-18-16-7-3-1-5-13(16)9-20(18)22(25)26)12-19-17-8-4-2-6-14(17)10-21(19)23(27)28/h13-14,16-21H,1-12H2,(H,25,26)(H,27,28). The van der Waals surface area contributed by atoms with Crippen molar-refractivity contribution in [2.24, 2.45) is 47.3 Å². The third kappa shape index (κ3) is 3.73. The summed E-state index contributed by atoms with van der Waals surface area (Å²) in [5, 5.41) is 19.4. The Hall–Kier alpha value is -1.39. The molecule has 5 nitrogen and oxygen atoms in total. The van der Waals surface area contributed by atoms with E-state index in [0.717, 1.165) is 51.4 Å². The fourth-order valence-corrected chi connectivity index (χ4v) is 7.55. The van der Waals surface area contributed by atoms with Gasteiger partial charge in [0.25, 0.3) is 0 Å². The Labute approximate surface area is 167 Å². The molecule has 2 N–H and O–H groups in total. The smallest absolute Gasteiger partial charge is 0.306 e. The Balaban J connectivity index is 1.45. The molecule has 4 fully saturated rings. The third-order valence-corrected chi connectivity index (χ3v) is 8.74. The van der Waals surface area contributed by atoms with Crippen molar-refractivity contribution in [1.82, 2.24) is 0 Å². The number of aliphatic carboxylic acids is 2. The van der Waals surface area contributed by atoms with Crippen molar-refractivity contribution in [1.29, 1.82) is 0 Å². The van der Waals surface area contributed by atoms with Gasteiger partial charge in [-0.15, -0.1) is 0 Å². The molecule has 0 heterocycles. The molecule has 0 bridgehead atoms. The minimum atomic E-state index is -0.746. The highest BCUT2D eigenvalue weighted by atomic mass is 16.4. The third-order valence-electron chi connectivity index (χ3n) is 8.74. The zero-order valence-electron chi connectivity index (χ0n) is 16.7. The first kappa shape index (κ1) is 19.9. The Morgan fingerprint density at radius 2 is 1.04 bits per heavy atom. The molecule has 5 heteroatoms. The van der Waals surface area contributed by atoms with Gasteiger partial charge in [0, 0.05) is 12.8 Å². The molecule has 28 heavy (non-hydrogen) atoms. The average Bonchev–Trinajstić information content (AvgIpc) is 3.21. The summed E-state index contributed by atoms with van der Waals surface area (Å²) in [6.45, 7) is 0. The van der Waals surface area contributed by atoms with E-state index in [0.29, 0.717) is 36.5 Å². The fourth-order valence-electron chi connectivity index (χ4n) is 7.55. The maximum Gasteiger partial charge on any atom is 0.306 e. The van der Waals surface area contributed by atoms with Gasteiger partial charge >= 0.3 is 11.9 Å². The molecule has 0 spiro atoms. The van der Waals surface area contributed by atoms with Gasteiger partial charge in [0.2, 0.25) is 0 Å².